The predicted molar refractivity (Wildman–Crippen MR) is 97.1 cm³/mol. The van der Waals surface area contributed by atoms with Gasteiger partial charge in [-0.1, -0.05) is 44.1 Å². The van der Waals surface area contributed by atoms with Gasteiger partial charge in [-0.25, -0.2) is 0 Å². The second-order valence-electron chi connectivity index (χ2n) is 7.19. The van der Waals surface area contributed by atoms with E-state index in [1.165, 1.54) is 5.57 Å². The molecule has 0 spiro atoms. The Balaban J connectivity index is 2.46. The van der Waals surface area contributed by atoms with Crippen molar-refractivity contribution in [1.29, 1.82) is 0 Å². The fourth-order valence-corrected chi connectivity index (χ4v) is 3.78. The van der Waals surface area contributed by atoms with Gasteiger partial charge in [0.25, 0.3) is 0 Å². The summed E-state index contributed by atoms with van der Waals surface area (Å²) < 4.78 is 0. The zero-order valence-electron chi connectivity index (χ0n) is 14.9. The third kappa shape index (κ3) is 3.80. The van der Waals surface area contributed by atoms with Crippen LogP contribution in [-0.4, -0.2) is 10.2 Å². The van der Waals surface area contributed by atoms with E-state index in [0.717, 1.165) is 36.8 Å². The summed E-state index contributed by atoms with van der Waals surface area (Å²) in [6.07, 6.45) is 6.41. The Kier molecular flexibility index (Phi) is 5.56. The first-order valence-electron chi connectivity index (χ1n) is 8.73. The molecule has 3 atom stereocenters. The summed E-state index contributed by atoms with van der Waals surface area (Å²) in [7, 11) is 0. The number of rotatable bonds is 5. The van der Waals surface area contributed by atoms with Crippen molar-refractivity contribution < 1.29 is 10.2 Å². The molecule has 126 valence electrons. The van der Waals surface area contributed by atoms with E-state index in [0.29, 0.717) is 11.5 Å². The summed E-state index contributed by atoms with van der Waals surface area (Å²) in [4.78, 5) is 0. The number of benzene rings is 1. The highest BCUT2D eigenvalue weighted by atomic mass is 16.3. The Morgan fingerprint density at radius 2 is 1.91 bits per heavy atom. The lowest BCUT2D eigenvalue weighted by Gasteiger charge is -2.31. The molecule has 0 heterocycles. The Labute approximate surface area is 140 Å². The molecule has 1 aromatic carbocycles. The van der Waals surface area contributed by atoms with E-state index in [1.807, 2.05) is 19.1 Å². The van der Waals surface area contributed by atoms with Crippen molar-refractivity contribution in [1.82, 2.24) is 0 Å². The van der Waals surface area contributed by atoms with E-state index in [-0.39, 0.29) is 23.3 Å². The quantitative estimate of drug-likeness (QED) is 0.653. The Morgan fingerprint density at radius 3 is 2.43 bits per heavy atom. The van der Waals surface area contributed by atoms with Gasteiger partial charge in [-0.2, -0.15) is 0 Å². The van der Waals surface area contributed by atoms with Crippen molar-refractivity contribution in [2.75, 3.05) is 0 Å². The SMILES string of the molecule is C=C(C)[C@@H]1CCC(C)=C[C@H]1c1c(O)cc(C(C)CCC)cc1O. The van der Waals surface area contributed by atoms with Crippen molar-refractivity contribution >= 4 is 0 Å². The van der Waals surface area contributed by atoms with Gasteiger partial charge in [-0.3, -0.25) is 0 Å². The first-order valence-corrected chi connectivity index (χ1v) is 8.73. The van der Waals surface area contributed by atoms with E-state index < -0.39 is 0 Å². The minimum Gasteiger partial charge on any atom is -0.507 e. The molecule has 1 aromatic rings. The largest absolute Gasteiger partial charge is 0.507 e. The molecule has 1 aliphatic rings. The maximum absolute atomic E-state index is 10.6. The summed E-state index contributed by atoms with van der Waals surface area (Å²) in [6.45, 7) is 12.6. The maximum atomic E-state index is 10.6. The average Bonchev–Trinajstić information content (AvgIpc) is 2.46. The van der Waals surface area contributed by atoms with Crippen LogP contribution in [0, 0.1) is 5.92 Å². The fraction of sp³-hybridized carbons (Fsp3) is 0.524. The molecule has 0 bridgehead atoms. The fourth-order valence-electron chi connectivity index (χ4n) is 3.78. The first-order chi connectivity index (χ1) is 10.8. The molecule has 2 heteroatoms. The Hall–Kier alpha value is -1.70. The lowest BCUT2D eigenvalue weighted by molar-refractivity contribution is 0.405. The van der Waals surface area contributed by atoms with Crippen molar-refractivity contribution in [3.8, 4) is 11.5 Å². The number of hydrogen-bond donors (Lipinski definition) is 2. The van der Waals surface area contributed by atoms with Crippen molar-refractivity contribution in [3.05, 3.63) is 47.1 Å². The second kappa shape index (κ2) is 7.25. The normalized spacial score (nSPS) is 22.5. The minimum atomic E-state index is 0.0109. The van der Waals surface area contributed by atoms with Crippen LogP contribution in [0.3, 0.4) is 0 Å². The number of phenolic OH excluding ortho intramolecular Hbond substituents is 2. The van der Waals surface area contributed by atoms with Crippen LogP contribution >= 0.6 is 0 Å². The molecule has 0 amide bonds. The molecule has 2 N–H and O–H groups in total. The van der Waals surface area contributed by atoms with Gasteiger partial charge in [-0.05, 0) is 62.6 Å². The number of hydrogen-bond acceptors (Lipinski definition) is 2. The molecule has 23 heavy (non-hydrogen) atoms. The summed E-state index contributed by atoms with van der Waals surface area (Å²) >= 11 is 0. The van der Waals surface area contributed by atoms with Crippen LogP contribution in [0.4, 0.5) is 0 Å². The Bertz CT molecular complexity index is 589. The van der Waals surface area contributed by atoms with Gasteiger partial charge in [0.15, 0.2) is 0 Å². The summed E-state index contributed by atoms with van der Waals surface area (Å²) in [5.41, 5.74) is 4.09. The molecule has 0 saturated carbocycles. The van der Waals surface area contributed by atoms with Crippen molar-refractivity contribution in [2.45, 2.75) is 65.2 Å². The van der Waals surface area contributed by atoms with Gasteiger partial charge in [0.05, 0.1) is 0 Å². The highest BCUT2D eigenvalue weighted by molar-refractivity contribution is 5.52. The van der Waals surface area contributed by atoms with Gasteiger partial charge in [-0.15, -0.1) is 0 Å². The first kappa shape index (κ1) is 17.7. The summed E-state index contributed by atoms with van der Waals surface area (Å²) in [6, 6.07) is 3.67. The van der Waals surface area contributed by atoms with Crippen LogP contribution in [-0.2, 0) is 0 Å². The zero-order chi connectivity index (χ0) is 17.1. The van der Waals surface area contributed by atoms with Crippen LogP contribution in [0.25, 0.3) is 0 Å². The molecule has 0 fully saturated rings. The third-order valence-electron chi connectivity index (χ3n) is 5.16. The van der Waals surface area contributed by atoms with E-state index in [2.05, 4.69) is 33.4 Å². The third-order valence-corrected chi connectivity index (χ3v) is 5.16. The second-order valence-corrected chi connectivity index (χ2v) is 7.19. The molecule has 2 nitrogen and oxygen atoms in total. The minimum absolute atomic E-state index is 0.0109. The summed E-state index contributed by atoms with van der Waals surface area (Å²) in [5, 5.41) is 21.2. The molecule has 0 aliphatic heterocycles. The highest BCUT2D eigenvalue weighted by Gasteiger charge is 2.30. The molecule has 1 aliphatic carbocycles. The molecular formula is C21H30O2. The summed E-state index contributed by atoms with van der Waals surface area (Å²) in [5.74, 6) is 1.05. The smallest absolute Gasteiger partial charge is 0.123 e. The molecular weight excluding hydrogens is 284 g/mol. The maximum Gasteiger partial charge on any atom is 0.123 e. The standard InChI is InChI=1S/C21H30O2/c1-6-7-15(5)16-11-19(22)21(20(23)12-16)18-10-14(4)8-9-17(18)13(2)3/h10-12,15,17-18,22-23H,2,6-9H2,1,3-5H3/t15?,17-,18+/m0/s1. The molecule has 2 rings (SSSR count). The number of aromatic hydroxyl groups is 2. The molecule has 0 aromatic heterocycles. The topological polar surface area (TPSA) is 40.5 Å². The van der Waals surface area contributed by atoms with Gasteiger partial charge < -0.3 is 10.2 Å². The van der Waals surface area contributed by atoms with E-state index in [4.69, 9.17) is 0 Å². The molecule has 0 saturated heterocycles. The number of allylic oxidation sites excluding steroid dienone is 3. The van der Waals surface area contributed by atoms with Crippen LogP contribution < -0.4 is 0 Å². The predicted octanol–water partition coefficient (Wildman–Crippen LogP) is 6.02. The van der Waals surface area contributed by atoms with Crippen LogP contribution in [0.5, 0.6) is 11.5 Å². The number of phenols is 2. The monoisotopic (exact) mass is 314 g/mol. The average molecular weight is 314 g/mol. The highest BCUT2D eigenvalue weighted by Crippen LogP contribution is 2.47. The van der Waals surface area contributed by atoms with Gasteiger partial charge in [0, 0.05) is 11.5 Å². The zero-order valence-corrected chi connectivity index (χ0v) is 14.9. The van der Waals surface area contributed by atoms with E-state index in [1.54, 1.807) is 0 Å². The molecule has 1 unspecified atom stereocenters. The lowest BCUT2D eigenvalue weighted by atomic mass is 9.73. The van der Waals surface area contributed by atoms with Gasteiger partial charge >= 0.3 is 0 Å². The van der Waals surface area contributed by atoms with Crippen LogP contribution in [0.2, 0.25) is 0 Å². The van der Waals surface area contributed by atoms with Gasteiger partial charge in [0.1, 0.15) is 11.5 Å². The van der Waals surface area contributed by atoms with Gasteiger partial charge in [0.2, 0.25) is 0 Å². The molecule has 0 radical (unpaired) electrons. The Morgan fingerprint density at radius 1 is 1.30 bits per heavy atom. The van der Waals surface area contributed by atoms with E-state index in [9.17, 15) is 10.2 Å². The van der Waals surface area contributed by atoms with E-state index >= 15 is 0 Å². The van der Waals surface area contributed by atoms with Crippen LogP contribution in [0.1, 0.15) is 76.3 Å². The van der Waals surface area contributed by atoms with Crippen molar-refractivity contribution in [3.63, 3.8) is 0 Å². The van der Waals surface area contributed by atoms with Crippen molar-refractivity contribution in [2.24, 2.45) is 5.92 Å². The van der Waals surface area contributed by atoms with Crippen LogP contribution in [0.15, 0.2) is 35.9 Å². The lowest BCUT2D eigenvalue weighted by Crippen LogP contribution is -2.17.